The summed E-state index contributed by atoms with van der Waals surface area (Å²) in [6, 6.07) is 9.09. The molecule has 0 atom stereocenters. The van der Waals surface area contributed by atoms with E-state index in [1.807, 2.05) is 6.92 Å². The lowest BCUT2D eigenvalue weighted by Gasteiger charge is -2.14. The standard InChI is InChI=1S/C21H18BrFN2O5S/c1-3-29-16-9-12(8-15(22)19(16)30-11-18(26)28-2)10-17-20(27)25-21(31-17)24-14-6-4-13(23)5-7-14/h4-10H,3,11H2,1-2H3,(H,24,25,27)/b17-10+. The maximum atomic E-state index is 13.0. The highest BCUT2D eigenvalue weighted by molar-refractivity contribution is 9.10. The lowest BCUT2D eigenvalue weighted by atomic mass is 10.2. The highest BCUT2D eigenvalue weighted by Crippen LogP contribution is 2.38. The second-order valence-corrected chi connectivity index (χ2v) is 7.97. The third-order valence-corrected chi connectivity index (χ3v) is 5.40. The minimum absolute atomic E-state index is 0.267. The van der Waals surface area contributed by atoms with Crippen molar-refractivity contribution in [1.82, 2.24) is 5.32 Å². The van der Waals surface area contributed by atoms with Gasteiger partial charge in [0, 0.05) is 0 Å². The average molecular weight is 509 g/mol. The summed E-state index contributed by atoms with van der Waals surface area (Å²) in [6.45, 7) is 1.93. The van der Waals surface area contributed by atoms with E-state index >= 15 is 0 Å². The summed E-state index contributed by atoms with van der Waals surface area (Å²) >= 11 is 4.59. The van der Waals surface area contributed by atoms with Crippen molar-refractivity contribution in [1.29, 1.82) is 0 Å². The highest BCUT2D eigenvalue weighted by atomic mass is 79.9. The third kappa shape index (κ3) is 6.08. The molecule has 31 heavy (non-hydrogen) atoms. The number of nitrogens with one attached hydrogen (secondary N) is 1. The molecule has 0 spiro atoms. The van der Waals surface area contributed by atoms with Crippen molar-refractivity contribution in [3.05, 3.63) is 57.2 Å². The van der Waals surface area contributed by atoms with Gasteiger partial charge in [-0.3, -0.25) is 4.79 Å². The first-order valence-electron chi connectivity index (χ1n) is 9.10. The molecule has 2 aromatic rings. The molecule has 1 saturated heterocycles. The maximum Gasteiger partial charge on any atom is 0.343 e. The zero-order chi connectivity index (χ0) is 22.4. The van der Waals surface area contributed by atoms with E-state index in [2.05, 4.69) is 31.0 Å². The van der Waals surface area contributed by atoms with Crippen molar-refractivity contribution in [2.75, 3.05) is 20.3 Å². The van der Waals surface area contributed by atoms with Gasteiger partial charge in [0.15, 0.2) is 23.3 Å². The molecule has 1 aliphatic heterocycles. The number of hydrogen-bond acceptors (Lipinski definition) is 7. The van der Waals surface area contributed by atoms with E-state index in [0.29, 0.717) is 43.9 Å². The van der Waals surface area contributed by atoms with E-state index in [1.54, 1.807) is 18.2 Å². The van der Waals surface area contributed by atoms with Crippen molar-refractivity contribution in [3.63, 3.8) is 0 Å². The molecule has 162 valence electrons. The van der Waals surface area contributed by atoms with Gasteiger partial charge >= 0.3 is 5.97 Å². The SMILES string of the molecule is CCOc1cc(/C=C2/SC(=Nc3ccc(F)cc3)NC2=O)cc(Br)c1OCC(=O)OC. The topological polar surface area (TPSA) is 86.2 Å². The number of carbonyl (C=O) groups excluding carboxylic acids is 2. The van der Waals surface area contributed by atoms with E-state index in [-0.39, 0.29) is 18.3 Å². The molecule has 7 nitrogen and oxygen atoms in total. The molecule has 0 bridgehead atoms. The Hall–Kier alpha value is -2.85. The molecule has 0 unspecified atom stereocenters. The van der Waals surface area contributed by atoms with Gasteiger partial charge in [-0.25, -0.2) is 14.2 Å². The Morgan fingerprint density at radius 1 is 1.26 bits per heavy atom. The fraction of sp³-hybridized carbons (Fsp3) is 0.190. The fourth-order valence-corrected chi connectivity index (χ4v) is 3.95. The maximum absolute atomic E-state index is 13.0. The number of hydrogen-bond donors (Lipinski definition) is 1. The summed E-state index contributed by atoms with van der Waals surface area (Å²) in [4.78, 5) is 28.5. The van der Waals surface area contributed by atoms with Crippen LogP contribution in [-0.4, -0.2) is 37.4 Å². The van der Waals surface area contributed by atoms with Crippen molar-refractivity contribution in [2.24, 2.45) is 4.99 Å². The van der Waals surface area contributed by atoms with Gasteiger partial charge in [0.05, 0.1) is 28.8 Å². The molecular weight excluding hydrogens is 491 g/mol. The van der Waals surface area contributed by atoms with E-state index in [9.17, 15) is 14.0 Å². The number of carbonyl (C=O) groups is 2. The van der Waals surface area contributed by atoms with Crippen molar-refractivity contribution in [2.45, 2.75) is 6.92 Å². The Bertz CT molecular complexity index is 1060. The van der Waals surface area contributed by atoms with E-state index in [4.69, 9.17) is 9.47 Å². The minimum atomic E-state index is -0.521. The summed E-state index contributed by atoms with van der Waals surface area (Å²) in [7, 11) is 1.28. The van der Waals surface area contributed by atoms with Gasteiger partial charge in [0.2, 0.25) is 0 Å². The number of amidine groups is 1. The van der Waals surface area contributed by atoms with Crippen LogP contribution >= 0.6 is 27.7 Å². The number of benzene rings is 2. The summed E-state index contributed by atoms with van der Waals surface area (Å²) < 4.78 is 29.3. The number of rotatable bonds is 7. The summed E-state index contributed by atoms with van der Waals surface area (Å²) in [5, 5.41) is 3.08. The Morgan fingerprint density at radius 2 is 2.00 bits per heavy atom. The lowest BCUT2D eigenvalue weighted by molar-refractivity contribution is -0.142. The van der Waals surface area contributed by atoms with Gasteiger partial charge in [-0.2, -0.15) is 0 Å². The van der Waals surface area contributed by atoms with Crippen molar-refractivity contribution < 1.29 is 28.2 Å². The van der Waals surface area contributed by atoms with E-state index in [1.165, 1.54) is 43.1 Å². The summed E-state index contributed by atoms with van der Waals surface area (Å²) in [5.41, 5.74) is 1.21. The van der Waals surface area contributed by atoms with Gasteiger partial charge in [-0.15, -0.1) is 0 Å². The number of nitrogens with zero attached hydrogens (tertiary/aromatic N) is 1. The molecule has 1 amide bonds. The van der Waals surface area contributed by atoms with Gasteiger partial charge in [0.25, 0.3) is 5.91 Å². The molecule has 0 aliphatic carbocycles. The minimum Gasteiger partial charge on any atom is -0.490 e. The molecule has 1 N–H and O–H groups in total. The summed E-state index contributed by atoms with van der Waals surface area (Å²) in [5.74, 6) is -0.409. The molecule has 1 fully saturated rings. The number of halogens is 2. The van der Waals surface area contributed by atoms with E-state index in [0.717, 1.165) is 0 Å². The molecule has 0 saturated carbocycles. The monoisotopic (exact) mass is 508 g/mol. The van der Waals surface area contributed by atoms with Crippen LogP contribution in [0.15, 0.2) is 50.8 Å². The van der Waals surface area contributed by atoms with Gasteiger partial charge in [-0.1, -0.05) is 0 Å². The predicted octanol–water partition coefficient (Wildman–Crippen LogP) is 4.43. The average Bonchev–Trinajstić information content (AvgIpc) is 3.07. The van der Waals surface area contributed by atoms with Crippen molar-refractivity contribution in [3.8, 4) is 11.5 Å². The molecule has 0 aromatic heterocycles. The summed E-state index contributed by atoms with van der Waals surface area (Å²) in [6.07, 6.45) is 1.69. The second-order valence-electron chi connectivity index (χ2n) is 6.09. The molecule has 3 rings (SSSR count). The Labute approximate surface area is 190 Å². The molecular formula is C21H18BrFN2O5S. The molecule has 1 heterocycles. The van der Waals surface area contributed by atoms with Crippen molar-refractivity contribution >= 4 is 56.5 Å². The zero-order valence-corrected chi connectivity index (χ0v) is 19.0. The Balaban J connectivity index is 1.84. The Kier molecular flexibility index (Phi) is 7.69. The number of thioether (sulfide) groups is 1. The van der Waals surface area contributed by atoms with Gasteiger partial charge in [0.1, 0.15) is 5.82 Å². The second kappa shape index (κ2) is 10.5. The number of methoxy groups -OCH3 is 1. The van der Waals surface area contributed by atoms with Crippen LogP contribution in [0.3, 0.4) is 0 Å². The van der Waals surface area contributed by atoms with Crippen LogP contribution in [0.2, 0.25) is 0 Å². The number of ether oxygens (including phenoxy) is 3. The van der Waals surface area contributed by atoms with Crippen LogP contribution in [0.4, 0.5) is 10.1 Å². The zero-order valence-electron chi connectivity index (χ0n) is 16.6. The predicted molar refractivity (Wildman–Crippen MR) is 120 cm³/mol. The molecule has 10 heteroatoms. The first-order valence-corrected chi connectivity index (χ1v) is 10.7. The smallest absolute Gasteiger partial charge is 0.343 e. The third-order valence-electron chi connectivity index (χ3n) is 3.90. The quantitative estimate of drug-likeness (QED) is 0.439. The van der Waals surface area contributed by atoms with Crippen LogP contribution in [0.1, 0.15) is 12.5 Å². The van der Waals surface area contributed by atoms with Gasteiger partial charge in [-0.05, 0) is 82.7 Å². The lowest BCUT2D eigenvalue weighted by Crippen LogP contribution is -2.19. The molecule has 2 aromatic carbocycles. The van der Waals surface area contributed by atoms with Crippen LogP contribution < -0.4 is 14.8 Å². The van der Waals surface area contributed by atoms with Gasteiger partial charge < -0.3 is 19.5 Å². The molecule has 1 aliphatic rings. The molecule has 0 radical (unpaired) electrons. The van der Waals surface area contributed by atoms with E-state index < -0.39 is 5.97 Å². The number of aliphatic imine (C=N–C) groups is 1. The highest BCUT2D eigenvalue weighted by Gasteiger charge is 2.24. The normalized spacial score (nSPS) is 15.8. The first kappa shape index (κ1) is 22.8. The number of esters is 1. The van der Waals surface area contributed by atoms with Crippen LogP contribution in [0, 0.1) is 5.82 Å². The van der Waals surface area contributed by atoms with Crippen LogP contribution in [0.25, 0.3) is 6.08 Å². The van der Waals surface area contributed by atoms with Crippen LogP contribution in [0.5, 0.6) is 11.5 Å². The first-order chi connectivity index (χ1) is 14.9. The number of amides is 1. The Morgan fingerprint density at radius 3 is 2.68 bits per heavy atom. The van der Waals surface area contributed by atoms with Crippen LogP contribution in [-0.2, 0) is 14.3 Å². The fourth-order valence-electron chi connectivity index (χ4n) is 2.53. The largest absolute Gasteiger partial charge is 0.490 e.